The molecule has 1 aliphatic rings. The molecule has 11 heteroatoms. The molecule has 1 aliphatic heterocycles. The van der Waals surface area contributed by atoms with Crippen LogP contribution in [0.4, 0.5) is 13.6 Å². The van der Waals surface area contributed by atoms with E-state index in [2.05, 4.69) is 10.3 Å². The van der Waals surface area contributed by atoms with Crippen molar-refractivity contribution in [2.45, 2.75) is 51.9 Å². The molecule has 3 heterocycles. The summed E-state index contributed by atoms with van der Waals surface area (Å²) < 4.78 is 45.7. The highest BCUT2D eigenvalue weighted by atomic mass is 19.3. The number of aryl methyl sites for hydroxylation is 1. The fourth-order valence-corrected chi connectivity index (χ4v) is 4.10. The molecule has 1 atom stereocenters. The van der Waals surface area contributed by atoms with Crippen molar-refractivity contribution in [2.75, 3.05) is 13.1 Å². The predicted octanol–water partition coefficient (Wildman–Crippen LogP) is 4.88. The van der Waals surface area contributed by atoms with Crippen molar-refractivity contribution < 1.29 is 32.3 Å². The molecule has 3 aromatic rings. The molecule has 1 saturated heterocycles. The summed E-state index contributed by atoms with van der Waals surface area (Å²) in [6.07, 6.45) is -2.53. The summed E-state index contributed by atoms with van der Waals surface area (Å²) in [6.45, 7) is 7.64. The second-order valence-corrected chi connectivity index (χ2v) is 9.71. The number of carbonyl (C=O) groups is 2. The van der Waals surface area contributed by atoms with Gasteiger partial charge in [-0.05, 0) is 64.4 Å². The second kappa shape index (κ2) is 9.69. The van der Waals surface area contributed by atoms with Gasteiger partial charge in [-0.2, -0.15) is 14.0 Å². The molecule has 37 heavy (non-hydrogen) atoms. The van der Waals surface area contributed by atoms with Crippen LogP contribution in [0.2, 0.25) is 0 Å². The van der Waals surface area contributed by atoms with E-state index in [1.54, 1.807) is 33.8 Å². The second-order valence-electron chi connectivity index (χ2n) is 9.71. The van der Waals surface area contributed by atoms with Crippen LogP contribution in [0.3, 0.4) is 0 Å². The summed E-state index contributed by atoms with van der Waals surface area (Å²) >= 11 is 0. The van der Waals surface area contributed by atoms with Crippen LogP contribution in [0.5, 0.6) is 5.75 Å². The van der Waals surface area contributed by atoms with Crippen molar-refractivity contribution in [3.05, 3.63) is 59.1 Å². The molecule has 1 unspecified atom stereocenters. The number of nitrogens with one attached hydrogen (secondary N) is 1. The maximum atomic E-state index is 14.9. The van der Waals surface area contributed by atoms with Crippen LogP contribution in [0.25, 0.3) is 11.0 Å². The fourth-order valence-electron chi connectivity index (χ4n) is 4.10. The lowest BCUT2D eigenvalue weighted by Crippen LogP contribution is -2.40. The number of nitrogens with zero attached hydrogens (tertiary/aromatic N) is 3. The van der Waals surface area contributed by atoms with Gasteiger partial charge in [-0.15, -0.1) is 0 Å². The molecule has 1 fully saturated rings. The first-order chi connectivity index (χ1) is 17.4. The molecule has 1 N–H and O–H groups in total. The zero-order chi connectivity index (χ0) is 27.0. The number of hydrogen-bond acceptors (Lipinski definition) is 7. The van der Waals surface area contributed by atoms with E-state index in [0.717, 1.165) is 6.07 Å². The highest BCUT2D eigenvalue weighted by Crippen LogP contribution is 2.36. The minimum absolute atomic E-state index is 0.179. The summed E-state index contributed by atoms with van der Waals surface area (Å²) in [6, 6.07) is 7.67. The standard InChI is InChI=1S/C26H26F2N4O5/c1-15-22(23(33)31-16-9-11-32(14-16)24(34)37-25(2,3)4)18-12-17(7-8-21(18)35-15)36-26(27,28)19-6-5-10-30-20(19)13-29/h5-8,10,12,16H,9,11,14H2,1-4H3,(H,31,33). The summed E-state index contributed by atoms with van der Waals surface area (Å²) in [4.78, 5) is 30.7. The molecule has 0 spiro atoms. The van der Waals surface area contributed by atoms with Gasteiger partial charge in [-0.1, -0.05) is 0 Å². The van der Waals surface area contributed by atoms with Crippen LogP contribution >= 0.6 is 0 Å². The quantitative estimate of drug-likeness (QED) is 0.518. The minimum Gasteiger partial charge on any atom is -0.461 e. The molecule has 1 aromatic carbocycles. The van der Waals surface area contributed by atoms with E-state index in [0.29, 0.717) is 24.3 Å². The Hall–Kier alpha value is -4.20. The van der Waals surface area contributed by atoms with Gasteiger partial charge in [0.1, 0.15) is 34.3 Å². The first-order valence-corrected chi connectivity index (χ1v) is 11.6. The number of alkyl halides is 2. The number of fused-ring (bicyclic) bond motifs is 1. The van der Waals surface area contributed by atoms with Gasteiger partial charge in [-0.3, -0.25) is 4.79 Å². The maximum Gasteiger partial charge on any atom is 0.429 e. The van der Waals surface area contributed by atoms with Crippen LogP contribution in [-0.2, 0) is 10.8 Å². The van der Waals surface area contributed by atoms with Crippen molar-refractivity contribution in [3.8, 4) is 11.8 Å². The molecule has 4 rings (SSSR count). The van der Waals surface area contributed by atoms with Gasteiger partial charge in [0.2, 0.25) is 0 Å². The Balaban J connectivity index is 1.52. The summed E-state index contributed by atoms with van der Waals surface area (Å²) in [5, 5.41) is 12.3. The van der Waals surface area contributed by atoms with Crippen molar-refractivity contribution in [1.29, 1.82) is 5.26 Å². The van der Waals surface area contributed by atoms with Gasteiger partial charge in [0.15, 0.2) is 5.69 Å². The van der Waals surface area contributed by atoms with Crippen molar-refractivity contribution >= 4 is 23.0 Å². The molecular weight excluding hydrogens is 486 g/mol. The van der Waals surface area contributed by atoms with Crippen molar-refractivity contribution in [2.24, 2.45) is 0 Å². The number of pyridine rings is 1. The summed E-state index contributed by atoms with van der Waals surface area (Å²) in [7, 11) is 0. The largest absolute Gasteiger partial charge is 0.461 e. The molecule has 0 saturated carbocycles. The van der Waals surface area contributed by atoms with E-state index in [1.165, 1.54) is 35.4 Å². The van der Waals surface area contributed by atoms with Crippen molar-refractivity contribution in [1.82, 2.24) is 15.2 Å². The third-order valence-corrected chi connectivity index (χ3v) is 5.71. The lowest BCUT2D eigenvalue weighted by atomic mass is 10.1. The Morgan fingerprint density at radius 3 is 2.73 bits per heavy atom. The van der Waals surface area contributed by atoms with Gasteiger partial charge in [-0.25, -0.2) is 9.78 Å². The normalized spacial score (nSPS) is 15.9. The van der Waals surface area contributed by atoms with Gasteiger partial charge < -0.3 is 24.1 Å². The first-order valence-electron chi connectivity index (χ1n) is 11.6. The highest BCUT2D eigenvalue weighted by molar-refractivity contribution is 6.07. The van der Waals surface area contributed by atoms with Crippen molar-refractivity contribution in [3.63, 3.8) is 0 Å². The maximum absolute atomic E-state index is 14.9. The smallest absolute Gasteiger partial charge is 0.429 e. The van der Waals surface area contributed by atoms with E-state index in [-0.39, 0.29) is 29.3 Å². The minimum atomic E-state index is -3.84. The number of carbonyl (C=O) groups excluding carboxylic acids is 2. The Morgan fingerprint density at radius 1 is 1.27 bits per heavy atom. The van der Waals surface area contributed by atoms with Crippen LogP contribution < -0.4 is 10.1 Å². The van der Waals surface area contributed by atoms with Gasteiger partial charge in [0, 0.05) is 30.7 Å². The zero-order valence-corrected chi connectivity index (χ0v) is 20.8. The van der Waals surface area contributed by atoms with Crippen LogP contribution in [0.15, 0.2) is 40.9 Å². The Labute approximate surface area is 212 Å². The number of furan rings is 1. The SMILES string of the molecule is Cc1oc2ccc(OC(F)(F)c3cccnc3C#N)cc2c1C(=O)NC1CCN(C(=O)OC(C)(C)C)C1. The number of amides is 2. The third-order valence-electron chi connectivity index (χ3n) is 5.71. The fraction of sp³-hybridized carbons (Fsp3) is 0.385. The monoisotopic (exact) mass is 512 g/mol. The number of ether oxygens (including phenoxy) is 2. The molecule has 2 amide bonds. The van der Waals surface area contributed by atoms with Crippen LogP contribution in [0.1, 0.15) is 54.6 Å². The number of hydrogen-bond donors (Lipinski definition) is 1. The molecule has 2 aromatic heterocycles. The summed E-state index contributed by atoms with van der Waals surface area (Å²) in [5.74, 6) is -0.385. The Morgan fingerprint density at radius 2 is 2.03 bits per heavy atom. The number of rotatable bonds is 5. The average molecular weight is 513 g/mol. The Bertz CT molecular complexity index is 1390. The Kier molecular flexibility index (Phi) is 6.78. The third kappa shape index (κ3) is 5.63. The number of benzene rings is 1. The van der Waals surface area contributed by atoms with E-state index >= 15 is 0 Å². The molecular formula is C26H26F2N4O5. The number of aromatic nitrogens is 1. The van der Waals surface area contributed by atoms with Gasteiger partial charge in [0.05, 0.1) is 5.56 Å². The molecule has 194 valence electrons. The molecule has 0 bridgehead atoms. The lowest BCUT2D eigenvalue weighted by Gasteiger charge is -2.24. The topological polar surface area (TPSA) is 118 Å². The van der Waals surface area contributed by atoms with Gasteiger partial charge >= 0.3 is 12.2 Å². The van der Waals surface area contributed by atoms with E-state index in [9.17, 15) is 18.4 Å². The number of halogens is 2. The van der Waals surface area contributed by atoms with E-state index in [1.807, 2.05) is 0 Å². The predicted molar refractivity (Wildman–Crippen MR) is 128 cm³/mol. The molecule has 0 radical (unpaired) electrons. The van der Waals surface area contributed by atoms with Gasteiger partial charge in [0.25, 0.3) is 5.91 Å². The lowest BCUT2D eigenvalue weighted by molar-refractivity contribution is -0.185. The van der Waals surface area contributed by atoms with E-state index < -0.39 is 35.0 Å². The number of likely N-dealkylation sites (tertiary alicyclic amines) is 1. The molecule has 0 aliphatic carbocycles. The molecule has 9 nitrogen and oxygen atoms in total. The van der Waals surface area contributed by atoms with E-state index in [4.69, 9.17) is 19.2 Å². The first kappa shape index (κ1) is 25.9. The summed E-state index contributed by atoms with van der Waals surface area (Å²) in [5.41, 5.74) is -1.26. The number of nitriles is 1. The van der Waals surface area contributed by atoms with Crippen LogP contribution in [-0.4, -0.2) is 46.6 Å². The van der Waals surface area contributed by atoms with Crippen LogP contribution in [0, 0.1) is 18.3 Å². The zero-order valence-electron chi connectivity index (χ0n) is 20.8. The highest BCUT2D eigenvalue weighted by Gasteiger charge is 2.38. The average Bonchev–Trinajstić information content (AvgIpc) is 3.41.